The zero-order valence-electron chi connectivity index (χ0n) is 15.4. The molecule has 5 nitrogen and oxygen atoms in total. The predicted octanol–water partition coefficient (Wildman–Crippen LogP) is 3.18. The van der Waals surface area contributed by atoms with Crippen LogP contribution in [-0.4, -0.2) is 35.8 Å². The number of hydrogen-bond acceptors (Lipinski definition) is 3. The molecule has 2 N–H and O–H groups in total. The highest BCUT2D eigenvalue weighted by Crippen LogP contribution is 2.20. The van der Waals surface area contributed by atoms with Crippen LogP contribution in [0, 0.1) is 5.82 Å². The number of nitrogens with one attached hydrogen (secondary N) is 2. The van der Waals surface area contributed by atoms with E-state index in [9.17, 15) is 14.0 Å². The van der Waals surface area contributed by atoms with Crippen molar-refractivity contribution in [3.05, 3.63) is 65.5 Å². The number of amides is 2. The molecule has 6 heteroatoms. The van der Waals surface area contributed by atoms with Crippen molar-refractivity contribution >= 4 is 17.5 Å². The molecule has 2 amide bonds. The van der Waals surface area contributed by atoms with E-state index < -0.39 is 0 Å². The van der Waals surface area contributed by atoms with Gasteiger partial charge in [-0.25, -0.2) is 4.39 Å². The van der Waals surface area contributed by atoms with Crippen LogP contribution in [0.4, 0.5) is 10.1 Å². The van der Waals surface area contributed by atoms with E-state index in [4.69, 9.17) is 0 Å². The third kappa shape index (κ3) is 5.89. The summed E-state index contributed by atoms with van der Waals surface area (Å²) >= 11 is 0. The number of hydrogen-bond donors (Lipinski definition) is 2. The maximum Gasteiger partial charge on any atom is 0.251 e. The summed E-state index contributed by atoms with van der Waals surface area (Å²) in [6, 6.07) is 13.6. The molecule has 2 aromatic carbocycles. The SMILES string of the molecule is CCN(CC(=O)Nc1cccc(C(=O)NC2CC2)c1)Cc1cccc(F)c1. The Morgan fingerprint density at radius 1 is 1.15 bits per heavy atom. The van der Waals surface area contributed by atoms with E-state index in [-0.39, 0.29) is 30.2 Å². The highest BCUT2D eigenvalue weighted by Gasteiger charge is 2.23. The summed E-state index contributed by atoms with van der Waals surface area (Å²) in [6.45, 7) is 3.29. The van der Waals surface area contributed by atoms with Crippen LogP contribution in [0.3, 0.4) is 0 Å². The molecule has 0 aliphatic heterocycles. The maximum atomic E-state index is 13.3. The molecule has 1 aliphatic carbocycles. The topological polar surface area (TPSA) is 61.4 Å². The Balaban J connectivity index is 1.56. The lowest BCUT2D eigenvalue weighted by molar-refractivity contribution is -0.117. The van der Waals surface area contributed by atoms with E-state index >= 15 is 0 Å². The molecule has 0 heterocycles. The molecule has 1 saturated carbocycles. The summed E-state index contributed by atoms with van der Waals surface area (Å²) in [5.41, 5.74) is 1.94. The first-order chi connectivity index (χ1) is 13.0. The number of rotatable bonds is 8. The number of anilines is 1. The quantitative estimate of drug-likeness (QED) is 0.751. The lowest BCUT2D eigenvalue weighted by Crippen LogP contribution is -2.33. The molecule has 3 rings (SSSR count). The van der Waals surface area contributed by atoms with E-state index in [0.717, 1.165) is 18.4 Å². The maximum absolute atomic E-state index is 13.3. The normalized spacial score (nSPS) is 13.4. The molecular formula is C21H24FN3O2. The summed E-state index contributed by atoms with van der Waals surface area (Å²) in [5, 5.41) is 5.77. The second-order valence-electron chi connectivity index (χ2n) is 6.81. The first-order valence-electron chi connectivity index (χ1n) is 9.21. The zero-order valence-corrected chi connectivity index (χ0v) is 15.4. The van der Waals surface area contributed by atoms with Crippen molar-refractivity contribution in [2.45, 2.75) is 32.4 Å². The lowest BCUT2D eigenvalue weighted by atomic mass is 10.2. The Kier molecular flexibility index (Phi) is 6.19. The lowest BCUT2D eigenvalue weighted by Gasteiger charge is -2.20. The van der Waals surface area contributed by atoms with Crippen molar-refractivity contribution in [3.63, 3.8) is 0 Å². The van der Waals surface area contributed by atoms with Crippen molar-refractivity contribution in [3.8, 4) is 0 Å². The zero-order chi connectivity index (χ0) is 19.2. The van der Waals surface area contributed by atoms with E-state index in [1.165, 1.54) is 12.1 Å². The predicted molar refractivity (Wildman–Crippen MR) is 103 cm³/mol. The number of nitrogens with zero attached hydrogens (tertiary/aromatic N) is 1. The number of likely N-dealkylation sites (N-methyl/N-ethyl adjacent to an activating group) is 1. The first kappa shape index (κ1) is 19.0. The van der Waals surface area contributed by atoms with Gasteiger partial charge < -0.3 is 10.6 Å². The Morgan fingerprint density at radius 2 is 1.93 bits per heavy atom. The molecule has 1 fully saturated rings. The van der Waals surface area contributed by atoms with Crippen molar-refractivity contribution < 1.29 is 14.0 Å². The molecule has 0 unspecified atom stereocenters. The van der Waals surface area contributed by atoms with Crippen LogP contribution in [0.5, 0.6) is 0 Å². The molecule has 142 valence electrons. The minimum atomic E-state index is -0.283. The van der Waals surface area contributed by atoms with Crippen LogP contribution < -0.4 is 10.6 Å². The molecule has 0 atom stereocenters. The Hall–Kier alpha value is -2.73. The molecule has 0 aromatic heterocycles. The van der Waals surface area contributed by atoms with E-state index in [2.05, 4.69) is 10.6 Å². The molecule has 0 bridgehead atoms. The minimum absolute atomic E-state index is 0.116. The van der Waals surface area contributed by atoms with Crippen LogP contribution in [0.2, 0.25) is 0 Å². The summed E-state index contributed by atoms with van der Waals surface area (Å²) < 4.78 is 13.3. The van der Waals surface area contributed by atoms with E-state index in [0.29, 0.717) is 24.3 Å². The van der Waals surface area contributed by atoms with Crippen LogP contribution in [0.25, 0.3) is 0 Å². The van der Waals surface area contributed by atoms with Crippen molar-refractivity contribution in [2.75, 3.05) is 18.4 Å². The smallest absolute Gasteiger partial charge is 0.251 e. The number of carbonyl (C=O) groups is 2. The van der Waals surface area contributed by atoms with Crippen LogP contribution >= 0.6 is 0 Å². The van der Waals surface area contributed by atoms with Crippen molar-refractivity contribution in [1.29, 1.82) is 0 Å². The highest BCUT2D eigenvalue weighted by molar-refractivity contribution is 5.97. The van der Waals surface area contributed by atoms with Gasteiger partial charge in [-0.2, -0.15) is 0 Å². The first-order valence-corrected chi connectivity index (χ1v) is 9.21. The average Bonchev–Trinajstić information content (AvgIpc) is 3.45. The van der Waals surface area contributed by atoms with Crippen molar-refractivity contribution in [2.24, 2.45) is 0 Å². The Bertz CT molecular complexity index is 821. The fourth-order valence-electron chi connectivity index (χ4n) is 2.81. The highest BCUT2D eigenvalue weighted by atomic mass is 19.1. The fourth-order valence-corrected chi connectivity index (χ4v) is 2.81. The van der Waals surface area contributed by atoms with Gasteiger partial charge in [0.2, 0.25) is 5.91 Å². The van der Waals surface area contributed by atoms with Gasteiger partial charge in [0.05, 0.1) is 6.54 Å². The average molecular weight is 369 g/mol. The summed E-state index contributed by atoms with van der Waals surface area (Å²) in [5.74, 6) is -0.572. The summed E-state index contributed by atoms with van der Waals surface area (Å²) in [6.07, 6.45) is 2.06. The summed E-state index contributed by atoms with van der Waals surface area (Å²) in [4.78, 5) is 26.4. The summed E-state index contributed by atoms with van der Waals surface area (Å²) in [7, 11) is 0. The van der Waals surface area contributed by atoms with Gasteiger partial charge in [0.25, 0.3) is 5.91 Å². The van der Waals surface area contributed by atoms with Gasteiger partial charge in [-0.05, 0) is 55.3 Å². The van der Waals surface area contributed by atoms with Crippen LogP contribution in [-0.2, 0) is 11.3 Å². The van der Waals surface area contributed by atoms with Crippen LogP contribution in [0.15, 0.2) is 48.5 Å². The third-order valence-electron chi connectivity index (χ3n) is 4.43. The van der Waals surface area contributed by atoms with Gasteiger partial charge in [-0.1, -0.05) is 25.1 Å². The van der Waals surface area contributed by atoms with E-state index in [1.54, 1.807) is 30.3 Å². The Morgan fingerprint density at radius 3 is 2.63 bits per heavy atom. The largest absolute Gasteiger partial charge is 0.349 e. The van der Waals surface area contributed by atoms with Gasteiger partial charge in [-0.3, -0.25) is 14.5 Å². The molecule has 1 aliphatic rings. The number of carbonyl (C=O) groups excluding carboxylic acids is 2. The fraction of sp³-hybridized carbons (Fsp3) is 0.333. The second-order valence-corrected chi connectivity index (χ2v) is 6.81. The molecule has 0 saturated heterocycles. The monoisotopic (exact) mass is 369 g/mol. The molecule has 0 radical (unpaired) electrons. The van der Waals surface area contributed by atoms with E-state index in [1.807, 2.05) is 17.9 Å². The Labute approximate surface area is 158 Å². The molecule has 27 heavy (non-hydrogen) atoms. The number of benzene rings is 2. The van der Waals surface area contributed by atoms with Crippen molar-refractivity contribution in [1.82, 2.24) is 10.2 Å². The number of halogens is 1. The molecule has 0 spiro atoms. The van der Waals surface area contributed by atoms with Gasteiger partial charge in [0, 0.05) is 23.8 Å². The standard InChI is InChI=1S/C21H24FN3O2/c1-2-25(13-15-5-3-7-17(22)11-15)14-20(26)23-19-8-4-6-16(12-19)21(27)24-18-9-10-18/h3-8,11-12,18H,2,9-10,13-14H2,1H3,(H,23,26)(H,24,27). The second kappa shape index (κ2) is 8.77. The minimum Gasteiger partial charge on any atom is -0.349 e. The third-order valence-corrected chi connectivity index (χ3v) is 4.43. The van der Waals surface area contributed by atoms with Gasteiger partial charge in [-0.15, -0.1) is 0 Å². The van der Waals surface area contributed by atoms with Gasteiger partial charge >= 0.3 is 0 Å². The van der Waals surface area contributed by atoms with Crippen LogP contribution in [0.1, 0.15) is 35.7 Å². The molecule has 2 aromatic rings. The van der Waals surface area contributed by atoms with Gasteiger partial charge in [0.1, 0.15) is 5.82 Å². The van der Waals surface area contributed by atoms with Gasteiger partial charge in [0.15, 0.2) is 0 Å². The molecular weight excluding hydrogens is 345 g/mol.